The van der Waals surface area contributed by atoms with Crippen LogP contribution < -0.4 is 9.47 Å². The van der Waals surface area contributed by atoms with Crippen LogP contribution in [0.4, 0.5) is 74.6 Å². The third-order valence-corrected chi connectivity index (χ3v) is 6.03. The van der Waals surface area contributed by atoms with Crippen molar-refractivity contribution in [3.8, 4) is 11.5 Å². The molecule has 19 heteroatoms. The molecule has 0 aliphatic rings. The first-order valence-electron chi connectivity index (χ1n) is 12.3. The lowest BCUT2D eigenvalue weighted by Crippen LogP contribution is -2.74. The van der Waals surface area contributed by atoms with Gasteiger partial charge in [-0.25, -0.2) is 0 Å². The SMILES string of the molecule is CCCCCCOc1ccc(OCCCCC(F)(F)C(F)(F)C(F)(F)C(F)(F)C(F)(F)C(F)(F)C(F)(F)C(F)(F)F)cc1. The molecule has 0 unspecified atom stereocenters. The standard InChI is InChI=1S/C24H25F17O2/c1-2-3-4-6-13-42-15-8-10-16(11-9-15)43-14-7-5-12-17(25,26)18(27,28)19(29,30)20(31,32)21(33,34)22(35,36)23(37,38)24(39,40)41/h8-11H,2-7,12-14H2,1H3. The second-order valence-electron chi connectivity index (χ2n) is 9.33. The van der Waals surface area contributed by atoms with Gasteiger partial charge in [-0.3, -0.25) is 0 Å². The Morgan fingerprint density at radius 2 is 0.791 bits per heavy atom. The van der Waals surface area contributed by atoms with Crippen molar-refractivity contribution >= 4 is 0 Å². The maximum atomic E-state index is 13.9. The van der Waals surface area contributed by atoms with Gasteiger partial charge in [0.25, 0.3) is 0 Å². The van der Waals surface area contributed by atoms with Crippen LogP contribution in [-0.4, -0.2) is 60.8 Å². The van der Waals surface area contributed by atoms with Gasteiger partial charge in [0.2, 0.25) is 0 Å². The van der Waals surface area contributed by atoms with E-state index in [9.17, 15) is 74.6 Å². The van der Waals surface area contributed by atoms with Crippen molar-refractivity contribution in [1.82, 2.24) is 0 Å². The molecular formula is C24H25F17O2. The van der Waals surface area contributed by atoms with Crippen molar-refractivity contribution in [2.75, 3.05) is 13.2 Å². The number of benzene rings is 1. The van der Waals surface area contributed by atoms with E-state index in [2.05, 4.69) is 0 Å². The molecule has 2 nitrogen and oxygen atoms in total. The molecule has 1 aromatic carbocycles. The summed E-state index contributed by atoms with van der Waals surface area (Å²) in [5.41, 5.74) is 0. The van der Waals surface area contributed by atoms with E-state index in [1.807, 2.05) is 6.92 Å². The lowest BCUT2D eigenvalue weighted by Gasteiger charge is -2.42. The zero-order chi connectivity index (χ0) is 33.8. The zero-order valence-electron chi connectivity index (χ0n) is 21.9. The first-order valence-corrected chi connectivity index (χ1v) is 12.3. The maximum Gasteiger partial charge on any atom is 0.460 e. The summed E-state index contributed by atoms with van der Waals surface area (Å²) in [6.07, 6.45) is -8.43. The average molecular weight is 668 g/mol. The molecule has 0 radical (unpaired) electrons. The monoisotopic (exact) mass is 668 g/mol. The third kappa shape index (κ3) is 7.48. The van der Waals surface area contributed by atoms with Crippen LogP contribution in [0.15, 0.2) is 24.3 Å². The highest BCUT2D eigenvalue weighted by Crippen LogP contribution is 2.64. The van der Waals surface area contributed by atoms with E-state index in [-0.39, 0.29) is 5.75 Å². The summed E-state index contributed by atoms with van der Waals surface area (Å²) in [6.45, 7) is 1.85. The van der Waals surface area contributed by atoms with Gasteiger partial charge in [-0.15, -0.1) is 0 Å². The quantitative estimate of drug-likeness (QED) is 0.115. The predicted molar refractivity (Wildman–Crippen MR) is 116 cm³/mol. The molecule has 0 atom stereocenters. The van der Waals surface area contributed by atoms with Crippen molar-refractivity contribution in [3.05, 3.63) is 24.3 Å². The molecule has 0 fully saturated rings. The molecule has 0 N–H and O–H groups in total. The van der Waals surface area contributed by atoms with Gasteiger partial charge in [0, 0.05) is 6.42 Å². The number of unbranched alkanes of at least 4 members (excludes halogenated alkanes) is 4. The number of hydrogen-bond acceptors (Lipinski definition) is 2. The van der Waals surface area contributed by atoms with Gasteiger partial charge in [0.1, 0.15) is 11.5 Å². The molecular weight excluding hydrogens is 643 g/mol. The largest absolute Gasteiger partial charge is 0.494 e. The molecule has 0 amide bonds. The highest BCUT2D eigenvalue weighted by Gasteiger charge is 2.95. The van der Waals surface area contributed by atoms with Gasteiger partial charge in [-0.1, -0.05) is 26.2 Å². The van der Waals surface area contributed by atoms with Gasteiger partial charge in [-0.05, 0) is 43.5 Å². The zero-order valence-corrected chi connectivity index (χ0v) is 21.9. The van der Waals surface area contributed by atoms with Crippen LogP contribution in [-0.2, 0) is 0 Å². The Morgan fingerprint density at radius 1 is 0.442 bits per heavy atom. The first kappa shape index (κ1) is 38.7. The van der Waals surface area contributed by atoms with Crippen molar-refractivity contribution < 1.29 is 84.1 Å². The van der Waals surface area contributed by atoms with Crippen molar-refractivity contribution in [2.45, 2.75) is 99.5 Å². The second-order valence-corrected chi connectivity index (χ2v) is 9.33. The molecule has 0 aliphatic heterocycles. The smallest absolute Gasteiger partial charge is 0.460 e. The Morgan fingerprint density at radius 3 is 1.16 bits per heavy atom. The van der Waals surface area contributed by atoms with Gasteiger partial charge in [0.05, 0.1) is 13.2 Å². The van der Waals surface area contributed by atoms with E-state index in [1.165, 1.54) is 24.3 Å². The van der Waals surface area contributed by atoms with E-state index in [0.29, 0.717) is 12.4 Å². The summed E-state index contributed by atoms with van der Waals surface area (Å²) >= 11 is 0. The predicted octanol–water partition coefficient (Wildman–Crippen LogP) is 10.2. The van der Waals surface area contributed by atoms with Crippen LogP contribution in [0.25, 0.3) is 0 Å². The fourth-order valence-electron chi connectivity index (χ4n) is 3.34. The Bertz CT molecular complexity index is 1000. The molecule has 0 saturated carbocycles. The normalized spacial score (nSPS) is 14.7. The molecule has 0 saturated heterocycles. The van der Waals surface area contributed by atoms with Crippen LogP contribution in [0.3, 0.4) is 0 Å². The minimum absolute atomic E-state index is 0.0837. The van der Waals surface area contributed by atoms with Gasteiger partial charge >= 0.3 is 47.6 Å². The molecule has 0 bridgehead atoms. The lowest BCUT2D eigenvalue weighted by atomic mass is 9.88. The van der Waals surface area contributed by atoms with Crippen molar-refractivity contribution in [3.63, 3.8) is 0 Å². The Balaban J connectivity index is 2.89. The van der Waals surface area contributed by atoms with E-state index in [1.54, 1.807) is 0 Å². The highest BCUT2D eigenvalue weighted by molar-refractivity contribution is 5.31. The minimum Gasteiger partial charge on any atom is -0.494 e. The van der Waals surface area contributed by atoms with Crippen LogP contribution in [0.1, 0.15) is 51.9 Å². The topological polar surface area (TPSA) is 18.5 Å². The minimum atomic E-state index is -8.62. The van der Waals surface area contributed by atoms with Crippen LogP contribution >= 0.6 is 0 Å². The molecule has 1 aromatic rings. The van der Waals surface area contributed by atoms with E-state index in [4.69, 9.17) is 9.47 Å². The van der Waals surface area contributed by atoms with Gasteiger partial charge < -0.3 is 9.47 Å². The summed E-state index contributed by atoms with van der Waals surface area (Å²) in [5.74, 6) is -55.6. The number of alkyl halides is 17. The van der Waals surface area contributed by atoms with Crippen LogP contribution in [0.2, 0.25) is 0 Å². The summed E-state index contributed by atoms with van der Waals surface area (Å²) in [6, 6.07) is 5.56. The number of halogens is 17. The van der Waals surface area contributed by atoms with Crippen LogP contribution in [0.5, 0.6) is 11.5 Å². The Kier molecular flexibility index (Phi) is 12.0. The Labute approximate surface area is 233 Å². The molecule has 0 spiro atoms. The van der Waals surface area contributed by atoms with Crippen molar-refractivity contribution in [2.24, 2.45) is 0 Å². The van der Waals surface area contributed by atoms with E-state index < -0.39 is 73.5 Å². The van der Waals surface area contributed by atoms with Gasteiger partial charge in [0.15, 0.2) is 0 Å². The molecule has 0 heterocycles. The van der Waals surface area contributed by atoms with Crippen LogP contribution in [0, 0.1) is 0 Å². The molecule has 0 aromatic heterocycles. The number of ether oxygens (including phenoxy) is 2. The summed E-state index contributed by atoms with van der Waals surface area (Å²) in [4.78, 5) is 0. The fraction of sp³-hybridized carbons (Fsp3) is 0.750. The summed E-state index contributed by atoms with van der Waals surface area (Å²) in [5, 5.41) is 0. The van der Waals surface area contributed by atoms with Crippen molar-refractivity contribution in [1.29, 1.82) is 0 Å². The summed E-state index contributed by atoms with van der Waals surface area (Å²) in [7, 11) is 0. The van der Waals surface area contributed by atoms with E-state index in [0.717, 1.165) is 25.7 Å². The molecule has 1 rings (SSSR count). The molecule has 43 heavy (non-hydrogen) atoms. The van der Waals surface area contributed by atoms with E-state index >= 15 is 0 Å². The summed E-state index contributed by atoms with van der Waals surface area (Å²) < 4.78 is 236. The molecule has 0 aliphatic carbocycles. The molecule has 252 valence electrons. The second kappa shape index (κ2) is 13.3. The lowest BCUT2D eigenvalue weighted by molar-refractivity contribution is -0.461. The maximum absolute atomic E-state index is 13.9. The first-order chi connectivity index (χ1) is 19.3. The highest BCUT2D eigenvalue weighted by atomic mass is 19.4. The number of rotatable bonds is 18. The number of hydrogen-bond donors (Lipinski definition) is 0. The van der Waals surface area contributed by atoms with Gasteiger partial charge in [-0.2, -0.15) is 74.6 Å². The third-order valence-electron chi connectivity index (χ3n) is 6.03. The fourth-order valence-corrected chi connectivity index (χ4v) is 3.34. The Hall–Kier alpha value is -2.37. The average Bonchev–Trinajstić information content (AvgIpc) is 2.87.